The van der Waals surface area contributed by atoms with E-state index in [2.05, 4.69) is 9.71 Å². The molecular weight excluding hydrogens is 282 g/mol. The van der Waals surface area contributed by atoms with Crippen LogP contribution in [-0.4, -0.2) is 20.0 Å². The quantitative estimate of drug-likeness (QED) is 0.814. The third-order valence-corrected chi connectivity index (χ3v) is 3.74. The van der Waals surface area contributed by atoms with Crippen LogP contribution in [0, 0.1) is 6.92 Å². The SMILES string of the molecule is CCOc1ccc(N)cc1S(=O)(=O)Nc1nc(C)co1. The molecule has 1 aromatic heterocycles. The van der Waals surface area contributed by atoms with E-state index < -0.39 is 10.0 Å². The maximum absolute atomic E-state index is 12.3. The van der Waals surface area contributed by atoms with Crippen LogP contribution in [0.25, 0.3) is 0 Å². The van der Waals surface area contributed by atoms with Crippen molar-refractivity contribution in [3.8, 4) is 5.75 Å². The first-order valence-electron chi connectivity index (χ1n) is 5.89. The van der Waals surface area contributed by atoms with Crippen LogP contribution in [0.3, 0.4) is 0 Å². The van der Waals surface area contributed by atoms with E-state index in [4.69, 9.17) is 14.9 Å². The van der Waals surface area contributed by atoms with Crippen molar-refractivity contribution in [3.63, 3.8) is 0 Å². The van der Waals surface area contributed by atoms with Crippen LogP contribution in [0.5, 0.6) is 5.75 Å². The highest BCUT2D eigenvalue weighted by Crippen LogP contribution is 2.27. The molecule has 0 saturated heterocycles. The fourth-order valence-corrected chi connectivity index (χ4v) is 2.70. The average Bonchev–Trinajstić information content (AvgIpc) is 2.76. The summed E-state index contributed by atoms with van der Waals surface area (Å²) in [6, 6.07) is 4.30. The number of nitrogens with two attached hydrogens (primary N) is 1. The first-order chi connectivity index (χ1) is 9.42. The Kier molecular flexibility index (Phi) is 3.84. The lowest BCUT2D eigenvalue weighted by atomic mass is 10.3. The van der Waals surface area contributed by atoms with E-state index in [0.717, 1.165) is 0 Å². The summed E-state index contributed by atoms with van der Waals surface area (Å²) < 4.78 is 37.1. The predicted octanol–water partition coefficient (Wildman–Crippen LogP) is 1.76. The highest BCUT2D eigenvalue weighted by Gasteiger charge is 2.22. The minimum atomic E-state index is -3.89. The molecule has 2 rings (SSSR count). The van der Waals surface area contributed by atoms with E-state index >= 15 is 0 Å². The van der Waals surface area contributed by atoms with Crippen LogP contribution < -0.4 is 15.2 Å². The Morgan fingerprint density at radius 3 is 2.80 bits per heavy atom. The van der Waals surface area contributed by atoms with Crippen molar-refractivity contribution in [1.82, 2.24) is 4.98 Å². The van der Waals surface area contributed by atoms with Gasteiger partial charge < -0.3 is 14.9 Å². The Morgan fingerprint density at radius 1 is 1.45 bits per heavy atom. The summed E-state index contributed by atoms with van der Waals surface area (Å²) in [4.78, 5) is 3.83. The Morgan fingerprint density at radius 2 is 2.20 bits per heavy atom. The monoisotopic (exact) mass is 297 g/mol. The van der Waals surface area contributed by atoms with E-state index in [1.165, 1.54) is 18.4 Å². The van der Waals surface area contributed by atoms with Crippen LogP contribution in [-0.2, 0) is 10.0 Å². The molecule has 3 N–H and O–H groups in total. The van der Waals surface area contributed by atoms with Crippen molar-refractivity contribution in [2.75, 3.05) is 17.1 Å². The van der Waals surface area contributed by atoms with E-state index in [-0.39, 0.29) is 16.7 Å². The summed E-state index contributed by atoms with van der Waals surface area (Å²) in [6.07, 6.45) is 1.35. The van der Waals surface area contributed by atoms with Gasteiger partial charge in [0.05, 0.1) is 12.3 Å². The van der Waals surface area contributed by atoms with E-state index in [1.54, 1.807) is 19.9 Å². The molecule has 0 unspecified atom stereocenters. The standard InChI is InChI=1S/C12H15N3O4S/c1-3-18-10-5-4-9(13)6-11(10)20(16,17)15-12-14-8(2)7-19-12/h4-7H,3,13H2,1-2H3,(H,14,15). The summed E-state index contributed by atoms with van der Waals surface area (Å²) in [7, 11) is -3.89. The molecule has 8 heteroatoms. The molecule has 0 atom stereocenters. The minimum Gasteiger partial charge on any atom is -0.492 e. The second-order valence-corrected chi connectivity index (χ2v) is 5.69. The number of anilines is 2. The Hall–Kier alpha value is -2.22. The molecule has 0 aliphatic heterocycles. The van der Waals surface area contributed by atoms with Gasteiger partial charge in [0, 0.05) is 5.69 Å². The molecule has 0 saturated carbocycles. The molecule has 0 radical (unpaired) electrons. The number of rotatable bonds is 5. The molecule has 0 fully saturated rings. The van der Waals surface area contributed by atoms with Gasteiger partial charge in [-0.3, -0.25) is 0 Å². The van der Waals surface area contributed by atoms with Crippen LogP contribution in [0.1, 0.15) is 12.6 Å². The molecule has 7 nitrogen and oxygen atoms in total. The van der Waals surface area contributed by atoms with Crippen molar-refractivity contribution < 1.29 is 17.6 Å². The Labute approximate surface area is 116 Å². The topological polar surface area (TPSA) is 107 Å². The molecular formula is C12H15N3O4S. The predicted molar refractivity (Wildman–Crippen MR) is 74.1 cm³/mol. The van der Waals surface area contributed by atoms with E-state index in [0.29, 0.717) is 18.0 Å². The maximum Gasteiger partial charge on any atom is 0.309 e. The summed E-state index contributed by atoms with van der Waals surface area (Å²) in [5.41, 5.74) is 6.52. The van der Waals surface area contributed by atoms with Crippen molar-refractivity contribution in [2.24, 2.45) is 0 Å². The van der Waals surface area contributed by atoms with Crippen molar-refractivity contribution in [2.45, 2.75) is 18.7 Å². The molecule has 1 heterocycles. The summed E-state index contributed by atoms with van der Waals surface area (Å²) in [5, 5.41) is 0. The number of hydrogen-bond acceptors (Lipinski definition) is 6. The lowest BCUT2D eigenvalue weighted by Crippen LogP contribution is -2.15. The number of benzene rings is 1. The fraction of sp³-hybridized carbons (Fsp3) is 0.250. The zero-order valence-corrected chi connectivity index (χ0v) is 11.9. The fourth-order valence-electron chi connectivity index (χ4n) is 1.58. The lowest BCUT2D eigenvalue weighted by Gasteiger charge is -2.11. The molecule has 0 aliphatic carbocycles. The van der Waals surface area contributed by atoms with Gasteiger partial charge in [-0.15, -0.1) is 0 Å². The molecule has 0 spiro atoms. The van der Waals surface area contributed by atoms with Gasteiger partial charge in [-0.25, -0.2) is 13.1 Å². The number of oxazole rings is 1. The summed E-state index contributed by atoms with van der Waals surface area (Å²) in [5.74, 6) is 0.220. The number of hydrogen-bond donors (Lipinski definition) is 2. The van der Waals surface area contributed by atoms with Crippen molar-refractivity contribution in [1.29, 1.82) is 0 Å². The number of nitrogen functional groups attached to an aromatic ring is 1. The normalized spacial score (nSPS) is 11.3. The third kappa shape index (κ3) is 3.02. The van der Waals surface area contributed by atoms with Crippen molar-refractivity contribution in [3.05, 3.63) is 30.2 Å². The zero-order chi connectivity index (χ0) is 14.8. The van der Waals surface area contributed by atoms with Gasteiger partial charge in [0.2, 0.25) is 0 Å². The Balaban J connectivity index is 2.40. The second-order valence-electron chi connectivity index (χ2n) is 4.04. The average molecular weight is 297 g/mol. The molecule has 108 valence electrons. The van der Waals surface area contributed by atoms with Gasteiger partial charge in [0.25, 0.3) is 10.0 Å². The maximum atomic E-state index is 12.3. The highest BCUT2D eigenvalue weighted by atomic mass is 32.2. The second kappa shape index (κ2) is 5.41. The van der Waals surface area contributed by atoms with E-state index in [9.17, 15) is 8.42 Å². The molecule has 0 amide bonds. The number of nitrogens with one attached hydrogen (secondary N) is 1. The minimum absolute atomic E-state index is 0.0600. The van der Waals surface area contributed by atoms with Crippen LogP contribution in [0.4, 0.5) is 11.7 Å². The Bertz CT molecular complexity index is 709. The van der Waals surface area contributed by atoms with Crippen LogP contribution in [0.15, 0.2) is 33.8 Å². The van der Waals surface area contributed by atoms with Gasteiger partial charge in [-0.05, 0) is 32.0 Å². The molecule has 0 aliphatic rings. The molecule has 2 aromatic rings. The van der Waals surface area contributed by atoms with Gasteiger partial charge in [0.15, 0.2) is 0 Å². The molecule has 0 bridgehead atoms. The van der Waals surface area contributed by atoms with Crippen LogP contribution in [0.2, 0.25) is 0 Å². The van der Waals surface area contributed by atoms with E-state index in [1.807, 2.05) is 0 Å². The third-order valence-electron chi connectivity index (χ3n) is 2.40. The van der Waals surface area contributed by atoms with Crippen LogP contribution >= 0.6 is 0 Å². The largest absolute Gasteiger partial charge is 0.492 e. The first kappa shape index (κ1) is 14.2. The number of sulfonamides is 1. The first-order valence-corrected chi connectivity index (χ1v) is 7.38. The van der Waals surface area contributed by atoms with Gasteiger partial charge in [-0.1, -0.05) is 0 Å². The van der Waals surface area contributed by atoms with Gasteiger partial charge in [-0.2, -0.15) is 4.98 Å². The summed E-state index contributed by atoms with van der Waals surface area (Å²) >= 11 is 0. The smallest absolute Gasteiger partial charge is 0.309 e. The number of aryl methyl sites for hydroxylation is 1. The zero-order valence-electron chi connectivity index (χ0n) is 11.1. The molecule has 1 aromatic carbocycles. The highest BCUT2D eigenvalue weighted by molar-refractivity contribution is 7.92. The lowest BCUT2D eigenvalue weighted by molar-refractivity contribution is 0.331. The van der Waals surface area contributed by atoms with Gasteiger partial charge in [0.1, 0.15) is 16.9 Å². The van der Waals surface area contributed by atoms with Gasteiger partial charge >= 0.3 is 6.01 Å². The summed E-state index contributed by atoms with van der Waals surface area (Å²) in [6.45, 7) is 3.79. The number of nitrogens with zero attached hydrogens (tertiary/aromatic N) is 1. The number of aromatic nitrogens is 1. The molecule has 20 heavy (non-hydrogen) atoms. The van der Waals surface area contributed by atoms with Crippen molar-refractivity contribution >= 4 is 21.7 Å². The number of ether oxygens (including phenoxy) is 1.